The Balaban J connectivity index is 2.14. The fourth-order valence-corrected chi connectivity index (χ4v) is 1.79. The van der Waals surface area contributed by atoms with Gasteiger partial charge in [0.25, 0.3) is 0 Å². The van der Waals surface area contributed by atoms with Crippen LogP contribution >= 0.6 is 11.6 Å². The Hall–Kier alpha value is -1.55. The van der Waals surface area contributed by atoms with E-state index in [1.165, 1.54) is 0 Å². The molecular formula is C11H11ClN2O2. The van der Waals surface area contributed by atoms with E-state index in [-0.39, 0.29) is 6.42 Å². The second kappa shape index (κ2) is 4.53. The number of carboxylic acids is 1. The third-order valence-electron chi connectivity index (χ3n) is 2.32. The van der Waals surface area contributed by atoms with E-state index in [9.17, 15) is 4.79 Å². The van der Waals surface area contributed by atoms with Crippen LogP contribution in [0.2, 0.25) is 5.02 Å². The molecule has 0 atom stereocenters. The molecule has 2 N–H and O–H groups in total. The van der Waals surface area contributed by atoms with Gasteiger partial charge >= 0.3 is 5.97 Å². The molecule has 1 heterocycles. The number of rotatable bonds is 4. The van der Waals surface area contributed by atoms with Crippen LogP contribution in [0.15, 0.2) is 18.2 Å². The number of nitrogens with one attached hydrogen (secondary N) is 1. The predicted molar refractivity (Wildman–Crippen MR) is 61.7 cm³/mol. The van der Waals surface area contributed by atoms with E-state index in [2.05, 4.69) is 9.97 Å². The van der Waals surface area contributed by atoms with E-state index in [0.717, 1.165) is 16.9 Å². The topological polar surface area (TPSA) is 66.0 Å². The first kappa shape index (κ1) is 11.0. The average molecular weight is 239 g/mol. The first-order valence-electron chi connectivity index (χ1n) is 5.02. The smallest absolute Gasteiger partial charge is 0.303 e. The third-order valence-corrected chi connectivity index (χ3v) is 2.62. The third kappa shape index (κ3) is 2.33. The first-order chi connectivity index (χ1) is 7.66. The van der Waals surface area contributed by atoms with E-state index >= 15 is 0 Å². The molecule has 2 aromatic rings. The minimum Gasteiger partial charge on any atom is -0.481 e. The number of carbonyl (C=O) groups is 1. The lowest BCUT2D eigenvalue weighted by Crippen LogP contribution is -1.96. The maximum Gasteiger partial charge on any atom is 0.303 e. The summed E-state index contributed by atoms with van der Waals surface area (Å²) in [6, 6.07) is 5.53. The van der Waals surface area contributed by atoms with E-state index in [0.29, 0.717) is 17.9 Å². The summed E-state index contributed by atoms with van der Waals surface area (Å²) >= 11 is 5.98. The number of nitrogens with zero attached hydrogens (tertiary/aromatic N) is 1. The van der Waals surface area contributed by atoms with Crippen molar-refractivity contribution < 1.29 is 9.90 Å². The van der Waals surface area contributed by atoms with Crippen LogP contribution in [0.25, 0.3) is 11.0 Å². The molecule has 1 aromatic heterocycles. The van der Waals surface area contributed by atoms with Crippen molar-refractivity contribution in [1.82, 2.24) is 9.97 Å². The summed E-state index contributed by atoms with van der Waals surface area (Å²) in [6.07, 6.45) is 1.36. The molecule has 0 amide bonds. The highest BCUT2D eigenvalue weighted by Gasteiger charge is 2.06. The van der Waals surface area contributed by atoms with Crippen molar-refractivity contribution in [2.24, 2.45) is 0 Å². The molecule has 1 aromatic carbocycles. The summed E-state index contributed by atoms with van der Waals surface area (Å²) < 4.78 is 0. The maximum atomic E-state index is 10.4. The number of aromatic amines is 1. The minimum atomic E-state index is -0.783. The van der Waals surface area contributed by atoms with Gasteiger partial charge in [0.15, 0.2) is 0 Å². The highest BCUT2D eigenvalue weighted by Crippen LogP contribution is 2.21. The van der Waals surface area contributed by atoms with Gasteiger partial charge in [-0.3, -0.25) is 4.79 Å². The monoisotopic (exact) mass is 238 g/mol. The van der Waals surface area contributed by atoms with E-state index in [4.69, 9.17) is 16.7 Å². The highest BCUT2D eigenvalue weighted by molar-refractivity contribution is 6.34. The number of carboxylic acid groups (broad SMARTS) is 1. The SMILES string of the molecule is O=C(O)CCCc1nc2c(Cl)cccc2[nH]1. The number of hydrogen-bond acceptors (Lipinski definition) is 2. The summed E-state index contributed by atoms with van der Waals surface area (Å²) in [5.74, 6) is -0.00139. The van der Waals surface area contributed by atoms with Gasteiger partial charge in [-0.05, 0) is 18.6 Å². The molecule has 0 saturated carbocycles. The van der Waals surface area contributed by atoms with Gasteiger partial charge in [0, 0.05) is 12.8 Å². The van der Waals surface area contributed by atoms with Gasteiger partial charge in [-0.15, -0.1) is 0 Å². The van der Waals surface area contributed by atoms with Crippen LogP contribution in [0, 0.1) is 0 Å². The lowest BCUT2D eigenvalue weighted by Gasteiger charge is -1.92. The number of fused-ring (bicyclic) bond motifs is 1. The molecular weight excluding hydrogens is 228 g/mol. The molecule has 2 rings (SSSR count). The van der Waals surface area contributed by atoms with Crippen LogP contribution in [0.1, 0.15) is 18.7 Å². The summed E-state index contributed by atoms with van der Waals surface area (Å²) in [5.41, 5.74) is 1.63. The Morgan fingerprint density at radius 3 is 3.00 bits per heavy atom. The number of halogens is 1. The number of aryl methyl sites for hydroxylation is 1. The zero-order chi connectivity index (χ0) is 11.5. The standard InChI is InChI=1S/C11H11ClN2O2/c12-7-3-1-4-8-11(7)14-9(13-8)5-2-6-10(15)16/h1,3-4H,2,5-6H2,(H,13,14)(H,15,16). The number of hydrogen-bond donors (Lipinski definition) is 2. The highest BCUT2D eigenvalue weighted by atomic mass is 35.5. The van der Waals surface area contributed by atoms with Crippen molar-refractivity contribution in [3.8, 4) is 0 Å². The minimum absolute atomic E-state index is 0.158. The Kier molecular flexibility index (Phi) is 3.10. The molecule has 0 spiro atoms. The summed E-state index contributed by atoms with van der Waals surface area (Å²) in [4.78, 5) is 17.8. The number of imidazole rings is 1. The molecule has 0 saturated heterocycles. The fourth-order valence-electron chi connectivity index (χ4n) is 1.57. The van der Waals surface area contributed by atoms with Crippen molar-refractivity contribution in [2.45, 2.75) is 19.3 Å². The van der Waals surface area contributed by atoms with Gasteiger partial charge in [0.2, 0.25) is 0 Å². The lowest BCUT2D eigenvalue weighted by atomic mass is 10.2. The second-order valence-corrected chi connectivity index (χ2v) is 3.97. The van der Waals surface area contributed by atoms with Crippen LogP contribution in [-0.2, 0) is 11.2 Å². The Labute approximate surface area is 97.3 Å². The van der Waals surface area contributed by atoms with Gasteiger partial charge in [-0.1, -0.05) is 17.7 Å². The summed E-state index contributed by atoms with van der Waals surface area (Å²) in [6.45, 7) is 0. The van der Waals surface area contributed by atoms with Crippen LogP contribution in [0.5, 0.6) is 0 Å². The van der Waals surface area contributed by atoms with Gasteiger partial charge in [-0.25, -0.2) is 4.98 Å². The van der Waals surface area contributed by atoms with E-state index < -0.39 is 5.97 Å². The molecule has 84 valence electrons. The summed E-state index contributed by atoms with van der Waals surface area (Å²) in [5, 5.41) is 9.13. The predicted octanol–water partition coefficient (Wildman–Crippen LogP) is 2.62. The van der Waals surface area contributed by atoms with Gasteiger partial charge in [0.1, 0.15) is 11.3 Å². The Morgan fingerprint density at radius 2 is 2.31 bits per heavy atom. The number of para-hydroxylation sites is 1. The van der Waals surface area contributed by atoms with Crippen molar-refractivity contribution >= 4 is 28.6 Å². The molecule has 0 bridgehead atoms. The number of H-pyrrole nitrogens is 1. The molecule has 16 heavy (non-hydrogen) atoms. The zero-order valence-electron chi connectivity index (χ0n) is 8.53. The van der Waals surface area contributed by atoms with Crippen molar-refractivity contribution in [1.29, 1.82) is 0 Å². The van der Waals surface area contributed by atoms with Crippen molar-refractivity contribution in [3.63, 3.8) is 0 Å². The Morgan fingerprint density at radius 1 is 1.50 bits per heavy atom. The van der Waals surface area contributed by atoms with Crippen molar-refractivity contribution in [3.05, 3.63) is 29.0 Å². The molecule has 0 aliphatic carbocycles. The van der Waals surface area contributed by atoms with Crippen molar-refractivity contribution in [2.75, 3.05) is 0 Å². The number of aliphatic carboxylic acids is 1. The number of benzene rings is 1. The van der Waals surface area contributed by atoms with Gasteiger partial charge in [-0.2, -0.15) is 0 Å². The molecule has 0 radical (unpaired) electrons. The number of aromatic nitrogens is 2. The molecule has 0 unspecified atom stereocenters. The molecule has 0 aliphatic heterocycles. The zero-order valence-corrected chi connectivity index (χ0v) is 9.29. The molecule has 0 fully saturated rings. The molecule has 5 heteroatoms. The lowest BCUT2D eigenvalue weighted by molar-refractivity contribution is -0.137. The molecule has 0 aliphatic rings. The van der Waals surface area contributed by atoms with E-state index in [1.54, 1.807) is 6.07 Å². The molecule has 4 nitrogen and oxygen atoms in total. The van der Waals surface area contributed by atoms with Crippen LogP contribution in [0.4, 0.5) is 0 Å². The summed E-state index contributed by atoms with van der Waals surface area (Å²) in [7, 11) is 0. The fraction of sp³-hybridized carbons (Fsp3) is 0.273. The second-order valence-electron chi connectivity index (χ2n) is 3.57. The van der Waals surface area contributed by atoms with Crippen LogP contribution in [0.3, 0.4) is 0 Å². The van der Waals surface area contributed by atoms with Crippen LogP contribution in [-0.4, -0.2) is 21.0 Å². The van der Waals surface area contributed by atoms with Crippen LogP contribution < -0.4 is 0 Å². The Bertz CT molecular complexity index is 522. The first-order valence-corrected chi connectivity index (χ1v) is 5.39. The van der Waals surface area contributed by atoms with E-state index in [1.807, 2.05) is 12.1 Å². The maximum absolute atomic E-state index is 10.4. The normalized spacial score (nSPS) is 10.8. The quantitative estimate of drug-likeness (QED) is 0.861. The van der Waals surface area contributed by atoms with Gasteiger partial charge < -0.3 is 10.1 Å². The average Bonchev–Trinajstić information content (AvgIpc) is 2.61. The van der Waals surface area contributed by atoms with Gasteiger partial charge in [0.05, 0.1) is 10.5 Å². The largest absolute Gasteiger partial charge is 0.481 e.